The van der Waals surface area contributed by atoms with Crippen molar-refractivity contribution >= 4 is 17.4 Å². The lowest BCUT2D eigenvalue weighted by Gasteiger charge is -2.24. The normalized spacial score (nSPS) is 20.6. The Bertz CT molecular complexity index is 381. The highest BCUT2D eigenvalue weighted by molar-refractivity contribution is 7.10. The molecule has 0 unspecified atom stereocenters. The van der Waals surface area contributed by atoms with Gasteiger partial charge in [-0.15, -0.1) is 11.3 Å². The molecular weight excluding hydrogens is 234 g/mol. The number of ether oxygens (including phenoxy) is 1. The SMILES string of the molecule is CC(C)(C)OC(=O)N1CC[C@H](c2cccs2)C1. The van der Waals surface area contributed by atoms with Crippen molar-refractivity contribution in [2.75, 3.05) is 13.1 Å². The minimum Gasteiger partial charge on any atom is -0.444 e. The number of carbonyl (C=O) groups excluding carboxylic acids is 1. The van der Waals surface area contributed by atoms with Crippen molar-refractivity contribution in [1.29, 1.82) is 0 Å². The first-order valence-corrected chi connectivity index (χ1v) is 6.85. The molecular formula is C13H19NO2S. The van der Waals surface area contributed by atoms with Crippen LogP contribution in [0, 0.1) is 0 Å². The molecule has 17 heavy (non-hydrogen) atoms. The quantitative estimate of drug-likeness (QED) is 0.767. The van der Waals surface area contributed by atoms with Crippen LogP contribution in [0.4, 0.5) is 4.79 Å². The molecule has 1 aliphatic heterocycles. The van der Waals surface area contributed by atoms with Crippen LogP contribution in [-0.4, -0.2) is 29.7 Å². The van der Waals surface area contributed by atoms with Crippen molar-refractivity contribution in [1.82, 2.24) is 4.90 Å². The van der Waals surface area contributed by atoms with Gasteiger partial charge in [0.15, 0.2) is 0 Å². The largest absolute Gasteiger partial charge is 0.444 e. The van der Waals surface area contributed by atoms with E-state index < -0.39 is 5.60 Å². The average Bonchev–Trinajstić information content (AvgIpc) is 2.86. The zero-order valence-corrected chi connectivity index (χ0v) is 11.4. The maximum Gasteiger partial charge on any atom is 0.410 e. The first-order chi connectivity index (χ1) is 7.96. The minimum absolute atomic E-state index is 0.184. The number of nitrogens with zero attached hydrogens (tertiary/aromatic N) is 1. The van der Waals surface area contributed by atoms with Crippen LogP contribution >= 0.6 is 11.3 Å². The van der Waals surface area contributed by atoms with Crippen molar-refractivity contribution in [2.45, 2.75) is 38.7 Å². The Morgan fingerprint density at radius 3 is 2.88 bits per heavy atom. The first-order valence-electron chi connectivity index (χ1n) is 5.97. The molecule has 2 rings (SSSR count). The Balaban J connectivity index is 1.92. The zero-order valence-electron chi connectivity index (χ0n) is 10.6. The topological polar surface area (TPSA) is 29.5 Å². The Labute approximate surface area is 106 Å². The summed E-state index contributed by atoms with van der Waals surface area (Å²) in [5, 5.41) is 2.09. The summed E-state index contributed by atoms with van der Waals surface area (Å²) in [6, 6.07) is 4.21. The lowest BCUT2D eigenvalue weighted by atomic mass is 10.1. The minimum atomic E-state index is -0.405. The van der Waals surface area contributed by atoms with E-state index in [4.69, 9.17) is 4.74 Å². The van der Waals surface area contributed by atoms with Crippen molar-refractivity contribution in [3.8, 4) is 0 Å². The summed E-state index contributed by atoms with van der Waals surface area (Å²) in [4.78, 5) is 15.1. The Morgan fingerprint density at radius 1 is 1.53 bits per heavy atom. The molecule has 4 heteroatoms. The number of thiophene rings is 1. The number of likely N-dealkylation sites (tertiary alicyclic amines) is 1. The number of rotatable bonds is 1. The fourth-order valence-electron chi connectivity index (χ4n) is 2.01. The van der Waals surface area contributed by atoms with Crippen LogP contribution in [0.1, 0.15) is 38.0 Å². The molecule has 2 heterocycles. The summed E-state index contributed by atoms with van der Waals surface area (Å²) in [5.41, 5.74) is -0.405. The number of hydrogen-bond donors (Lipinski definition) is 0. The number of hydrogen-bond acceptors (Lipinski definition) is 3. The molecule has 1 aromatic rings. The fourth-order valence-corrected chi connectivity index (χ4v) is 2.86. The zero-order chi connectivity index (χ0) is 12.5. The van der Waals surface area contributed by atoms with Crippen LogP contribution in [0.2, 0.25) is 0 Å². The third-order valence-electron chi connectivity index (χ3n) is 2.79. The molecule has 0 radical (unpaired) electrons. The van der Waals surface area contributed by atoms with Crippen LogP contribution in [0.25, 0.3) is 0 Å². The molecule has 1 aromatic heterocycles. The maximum atomic E-state index is 11.9. The lowest BCUT2D eigenvalue weighted by molar-refractivity contribution is 0.0292. The summed E-state index contributed by atoms with van der Waals surface area (Å²) in [6.07, 6.45) is 0.858. The molecule has 1 fully saturated rings. The molecule has 0 saturated carbocycles. The van der Waals surface area contributed by atoms with E-state index in [9.17, 15) is 4.79 Å². The summed E-state index contributed by atoms with van der Waals surface area (Å²) in [5.74, 6) is 0.488. The first kappa shape index (κ1) is 12.4. The second kappa shape index (κ2) is 4.69. The molecule has 0 N–H and O–H groups in total. The summed E-state index contributed by atoms with van der Waals surface area (Å²) in [7, 11) is 0. The van der Waals surface area contributed by atoms with Gasteiger partial charge >= 0.3 is 6.09 Å². The summed E-state index contributed by atoms with van der Waals surface area (Å²) >= 11 is 1.77. The standard InChI is InChI=1S/C13H19NO2S/c1-13(2,3)16-12(15)14-7-6-10(9-14)11-5-4-8-17-11/h4-5,8,10H,6-7,9H2,1-3H3/t10-/m0/s1. The van der Waals surface area contributed by atoms with Crippen molar-refractivity contribution in [3.63, 3.8) is 0 Å². The average molecular weight is 253 g/mol. The summed E-state index contributed by atoms with van der Waals surface area (Å²) < 4.78 is 5.38. The van der Waals surface area contributed by atoms with Gasteiger partial charge < -0.3 is 9.64 Å². The fraction of sp³-hybridized carbons (Fsp3) is 0.615. The monoisotopic (exact) mass is 253 g/mol. The molecule has 1 amide bonds. The second-order valence-corrected chi connectivity index (χ2v) is 6.41. The molecule has 0 aliphatic carbocycles. The van der Waals surface area contributed by atoms with E-state index in [1.807, 2.05) is 25.7 Å². The van der Waals surface area contributed by atoms with Crippen LogP contribution in [-0.2, 0) is 4.74 Å². The molecule has 0 bridgehead atoms. The van der Waals surface area contributed by atoms with Crippen LogP contribution in [0.5, 0.6) is 0 Å². The van der Waals surface area contributed by atoms with Crippen LogP contribution in [0.15, 0.2) is 17.5 Å². The third-order valence-corrected chi connectivity index (χ3v) is 3.82. The maximum absolute atomic E-state index is 11.9. The van der Waals surface area contributed by atoms with Gasteiger partial charge in [0, 0.05) is 23.9 Å². The van der Waals surface area contributed by atoms with Crippen molar-refractivity contribution in [2.24, 2.45) is 0 Å². The lowest BCUT2D eigenvalue weighted by Crippen LogP contribution is -2.35. The van der Waals surface area contributed by atoms with Gasteiger partial charge in [0.05, 0.1) is 0 Å². The molecule has 1 saturated heterocycles. The van der Waals surface area contributed by atoms with E-state index in [2.05, 4.69) is 17.5 Å². The van der Waals surface area contributed by atoms with Crippen LogP contribution < -0.4 is 0 Å². The Kier molecular flexibility index (Phi) is 3.43. The van der Waals surface area contributed by atoms with Gasteiger partial charge in [0.25, 0.3) is 0 Å². The van der Waals surface area contributed by atoms with Crippen LogP contribution in [0.3, 0.4) is 0 Å². The van der Waals surface area contributed by atoms with Gasteiger partial charge in [0.2, 0.25) is 0 Å². The van der Waals surface area contributed by atoms with Gasteiger partial charge in [-0.05, 0) is 38.6 Å². The number of amides is 1. The van der Waals surface area contributed by atoms with Gasteiger partial charge in [-0.2, -0.15) is 0 Å². The highest BCUT2D eigenvalue weighted by Gasteiger charge is 2.30. The molecule has 0 spiro atoms. The van der Waals surface area contributed by atoms with Crippen molar-refractivity contribution in [3.05, 3.63) is 22.4 Å². The third kappa shape index (κ3) is 3.22. The highest BCUT2D eigenvalue weighted by Crippen LogP contribution is 2.30. The molecule has 0 aromatic carbocycles. The molecule has 3 nitrogen and oxygen atoms in total. The van der Waals surface area contributed by atoms with E-state index in [1.165, 1.54) is 4.88 Å². The van der Waals surface area contributed by atoms with Crippen molar-refractivity contribution < 1.29 is 9.53 Å². The predicted octanol–water partition coefficient (Wildman–Crippen LogP) is 3.47. The Morgan fingerprint density at radius 2 is 2.29 bits per heavy atom. The summed E-state index contributed by atoms with van der Waals surface area (Å²) in [6.45, 7) is 7.29. The van der Waals surface area contributed by atoms with Gasteiger partial charge in [-0.1, -0.05) is 6.07 Å². The molecule has 1 atom stereocenters. The number of carbonyl (C=O) groups is 1. The smallest absolute Gasteiger partial charge is 0.410 e. The van der Waals surface area contributed by atoms with E-state index in [0.717, 1.165) is 19.5 Å². The van der Waals surface area contributed by atoms with E-state index >= 15 is 0 Å². The molecule has 94 valence electrons. The van der Waals surface area contributed by atoms with E-state index in [1.54, 1.807) is 11.3 Å². The molecule has 1 aliphatic rings. The highest BCUT2D eigenvalue weighted by atomic mass is 32.1. The van der Waals surface area contributed by atoms with E-state index in [0.29, 0.717) is 5.92 Å². The van der Waals surface area contributed by atoms with Gasteiger partial charge in [-0.25, -0.2) is 4.79 Å². The predicted molar refractivity (Wildman–Crippen MR) is 69.5 cm³/mol. The van der Waals surface area contributed by atoms with Gasteiger partial charge in [-0.3, -0.25) is 0 Å². The van der Waals surface area contributed by atoms with E-state index in [-0.39, 0.29) is 6.09 Å². The van der Waals surface area contributed by atoms with Gasteiger partial charge in [0.1, 0.15) is 5.60 Å². The Hall–Kier alpha value is -1.03. The second-order valence-electron chi connectivity index (χ2n) is 5.43.